The lowest BCUT2D eigenvalue weighted by Gasteiger charge is -2.65. The van der Waals surface area contributed by atoms with Gasteiger partial charge in [0.2, 0.25) is 0 Å². The lowest BCUT2D eigenvalue weighted by Crippen LogP contribution is -2.63. The number of benzene rings is 1. The molecule has 0 heterocycles. The van der Waals surface area contributed by atoms with Gasteiger partial charge >= 0.3 is 0 Å². The van der Waals surface area contributed by atoms with Gasteiger partial charge in [-0.3, -0.25) is 4.79 Å². The first-order valence-corrected chi connectivity index (χ1v) is 11.0. The SMILES string of the molecule is COc1cc(CNC23CC4C[C@@](C)(C2)C[C@](C)(C4)C3)cc(Br)c1OCC(N)=O. The second-order valence-electron chi connectivity index (χ2n) is 10.1. The molecule has 4 atom stereocenters. The molecule has 0 saturated heterocycles. The molecule has 1 aromatic carbocycles. The Balaban J connectivity index is 1.51. The van der Waals surface area contributed by atoms with Gasteiger partial charge in [-0.2, -0.15) is 0 Å². The van der Waals surface area contributed by atoms with Crippen LogP contribution in [0, 0.1) is 16.7 Å². The normalized spacial score (nSPS) is 35.8. The summed E-state index contributed by atoms with van der Waals surface area (Å²) >= 11 is 3.55. The summed E-state index contributed by atoms with van der Waals surface area (Å²) in [5.41, 5.74) is 7.57. The molecule has 1 amide bonds. The molecule has 0 spiro atoms. The van der Waals surface area contributed by atoms with Crippen LogP contribution in [0.25, 0.3) is 0 Å². The van der Waals surface area contributed by atoms with Crippen molar-refractivity contribution >= 4 is 21.8 Å². The molecule has 3 N–H and O–H groups in total. The van der Waals surface area contributed by atoms with E-state index in [1.165, 1.54) is 38.5 Å². The van der Waals surface area contributed by atoms with Crippen molar-refractivity contribution in [2.45, 2.75) is 64.5 Å². The molecule has 154 valence electrons. The number of halogens is 1. The quantitative estimate of drug-likeness (QED) is 0.653. The molecular weight excluding hydrogens is 420 g/mol. The summed E-state index contributed by atoms with van der Waals surface area (Å²) in [5, 5.41) is 3.95. The average Bonchev–Trinajstić information content (AvgIpc) is 2.55. The van der Waals surface area contributed by atoms with Crippen molar-refractivity contribution in [3.05, 3.63) is 22.2 Å². The molecule has 2 unspecified atom stereocenters. The van der Waals surface area contributed by atoms with Gasteiger partial charge in [0.25, 0.3) is 5.91 Å². The monoisotopic (exact) mass is 450 g/mol. The second kappa shape index (κ2) is 6.91. The molecule has 0 aliphatic heterocycles. The van der Waals surface area contributed by atoms with Crippen molar-refractivity contribution in [2.75, 3.05) is 13.7 Å². The van der Waals surface area contributed by atoms with E-state index in [1.807, 2.05) is 12.1 Å². The predicted octanol–water partition coefficient (Wildman–Crippen LogP) is 4.16. The molecule has 4 bridgehead atoms. The first-order chi connectivity index (χ1) is 13.1. The van der Waals surface area contributed by atoms with E-state index < -0.39 is 5.91 Å². The number of amides is 1. The number of hydrogen-bond donors (Lipinski definition) is 2. The Morgan fingerprint density at radius 1 is 1.21 bits per heavy atom. The zero-order valence-corrected chi connectivity index (χ0v) is 18.7. The van der Waals surface area contributed by atoms with Crippen LogP contribution in [0.3, 0.4) is 0 Å². The third-order valence-corrected chi connectivity index (χ3v) is 7.53. The van der Waals surface area contributed by atoms with E-state index in [-0.39, 0.29) is 12.1 Å². The van der Waals surface area contributed by atoms with E-state index in [2.05, 4.69) is 35.1 Å². The van der Waals surface area contributed by atoms with Crippen LogP contribution < -0.4 is 20.5 Å². The van der Waals surface area contributed by atoms with Crippen LogP contribution in [0.2, 0.25) is 0 Å². The molecule has 4 fully saturated rings. The Morgan fingerprint density at radius 2 is 1.89 bits per heavy atom. The van der Waals surface area contributed by atoms with Crippen molar-refractivity contribution in [3.8, 4) is 11.5 Å². The van der Waals surface area contributed by atoms with E-state index in [1.54, 1.807) is 7.11 Å². The highest BCUT2D eigenvalue weighted by atomic mass is 79.9. The standard InChI is InChI=1S/C22H31BrN2O3/c1-20-6-15-7-21(2,11-20)13-22(8-15,12-20)25-9-14-4-16(23)19(17(5-14)27-3)28-10-18(24)26/h4-5,15,25H,6-13H2,1-3H3,(H2,24,26)/t15?,20-,21+,22?. The van der Waals surface area contributed by atoms with Crippen LogP contribution in [0.4, 0.5) is 0 Å². The lowest BCUT2D eigenvalue weighted by atomic mass is 9.43. The fourth-order valence-electron chi connectivity index (χ4n) is 7.09. The molecule has 0 radical (unpaired) electrons. The van der Waals surface area contributed by atoms with E-state index in [0.717, 1.165) is 22.5 Å². The molecule has 4 aliphatic carbocycles. The predicted molar refractivity (Wildman–Crippen MR) is 112 cm³/mol. The van der Waals surface area contributed by atoms with Crippen molar-refractivity contribution in [3.63, 3.8) is 0 Å². The first kappa shape index (κ1) is 20.0. The number of rotatable bonds is 7. The van der Waals surface area contributed by atoms with Crippen LogP contribution in [0.1, 0.15) is 57.9 Å². The molecule has 1 aromatic rings. The molecule has 5 rings (SSSR count). The van der Waals surface area contributed by atoms with Crippen LogP contribution in [-0.4, -0.2) is 25.2 Å². The van der Waals surface area contributed by atoms with E-state index in [4.69, 9.17) is 15.2 Å². The Labute approximate surface area is 175 Å². The number of methoxy groups -OCH3 is 1. The molecule has 28 heavy (non-hydrogen) atoms. The number of nitrogens with two attached hydrogens (primary N) is 1. The smallest absolute Gasteiger partial charge is 0.255 e. The highest BCUT2D eigenvalue weighted by Crippen LogP contribution is 2.66. The minimum atomic E-state index is -0.511. The molecule has 6 heteroatoms. The summed E-state index contributed by atoms with van der Waals surface area (Å²) in [6.45, 7) is 5.62. The van der Waals surface area contributed by atoms with Crippen LogP contribution in [0.5, 0.6) is 11.5 Å². The van der Waals surface area contributed by atoms with Gasteiger partial charge in [-0.25, -0.2) is 0 Å². The minimum Gasteiger partial charge on any atom is -0.493 e. The second-order valence-corrected chi connectivity index (χ2v) is 11.0. The topological polar surface area (TPSA) is 73.6 Å². The Kier molecular flexibility index (Phi) is 4.94. The third kappa shape index (κ3) is 3.78. The average molecular weight is 451 g/mol. The molecule has 4 saturated carbocycles. The van der Waals surface area contributed by atoms with Gasteiger partial charge in [-0.15, -0.1) is 0 Å². The van der Waals surface area contributed by atoms with Gasteiger partial charge < -0.3 is 20.5 Å². The molecule has 5 nitrogen and oxygen atoms in total. The van der Waals surface area contributed by atoms with Crippen LogP contribution in [-0.2, 0) is 11.3 Å². The van der Waals surface area contributed by atoms with Crippen molar-refractivity contribution < 1.29 is 14.3 Å². The number of carbonyl (C=O) groups excluding carboxylic acids is 1. The minimum absolute atomic E-state index is 0.172. The molecule has 4 aliphatic rings. The highest BCUT2D eigenvalue weighted by Gasteiger charge is 2.59. The Hall–Kier alpha value is -1.27. The summed E-state index contributed by atoms with van der Waals surface area (Å²) in [6.07, 6.45) is 8.05. The summed E-state index contributed by atoms with van der Waals surface area (Å²) in [6, 6.07) is 4.02. The summed E-state index contributed by atoms with van der Waals surface area (Å²) < 4.78 is 11.8. The van der Waals surface area contributed by atoms with Gasteiger partial charge in [0.05, 0.1) is 11.6 Å². The van der Waals surface area contributed by atoms with Crippen molar-refractivity contribution in [1.29, 1.82) is 0 Å². The van der Waals surface area contributed by atoms with Gasteiger partial charge in [0, 0.05) is 12.1 Å². The fraction of sp³-hybridized carbons (Fsp3) is 0.682. The van der Waals surface area contributed by atoms with Crippen LogP contribution in [0.15, 0.2) is 16.6 Å². The summed E-state index contributed by atoms with van der Waals surface area (Å²) in [5.74, 6) is 1.48. The zero-order valence-electron chi connectivity index (χ0n) is 17.1. The third-order valence-electron chi connectivity index (χ3n) is 6.94. The maximum absolute atomic E-state index is 11.0. The first-order valence-electron chi connectivity index (χ1n) is 10.2. The van der Waals surface area contributed by atoms with E-state index in [9.17, 15) is 4.79 Å². The number of ether oxygens (including phenoxy) is 2. The summed E-state index contributed by atoms with van der Waals surface area (Å²) in [7, 11) is 1.61. The number of hydrogen-bond acceptors (Lipinski definition) is 4. The van der Waals surface area contributed by atoms with E-state index in [0.29, 0.717) is 22.3 Å². The largest absolute Gasteiger partial charge is 0.493 e. The Bertz CT molecular complexity index is 778. The lowest BCUT2D eigenvalue weighted by molar-refractivity contribution is -0.120. The van der Waals surface area contributed by atoms with Crippen molar-refractivity contribution in [2.24, 2.45) is 22.5 Å². The number of nitrogens with one attached hydrogen (secondary N) is 1. The highest BCUT2D eigenvalue weighted by molar-refractivity contribution is 9.10. The van der Waals surface area contributed by atoms with Crippen molar-refractivity contribution in [1.82, 2.24) is 5.32 Å². The summed E-state index contributed by atoms with van der Waals surface area (Å²) in [4.78, 5) is 11.0. The maximum atomic E-state index is 11.0. The molecule has 0 aromatic heterocycles. The number of carbonyl (C=O) groups is 1. The molecular formula is C22H31BrN2O3. The maximum Gasteiger partial charge on any atom is 0.255 e. The van der Waals surface area contributed by atoms with E-state index >= 15 is 0 Å². The zero-order chi connectivity index (χ0) is 20.2. The van der Waals surface area contributed by atoms with Gasteiger partial charge in [0.15, 0.2) is 18.1 Å². The number of primary amides is 1. The Morgan fingerprint density at radius 3 is 2.46 bits per heavy atom. The van der Waals surface area contributed by atoms with Gasteiger partial charge in [0.1, 0.15) is 0 Å². The van der Waals surface area contributed by atoms with Crippen LogP contribution >= 0.6 is 15.9 Å². The van der Waals surface area contributed by atoms with Gasteiger partial charge in [-0.1, -0.05) is 13.8 Å². The van der Waals surface area contributed by atoms with Gasteiger partial charge in [-0.05, 0) is 88.9 Å². The fourth-order valence-corrected chi connectivity index (χ4v) is 7.70.